The molecule has 28 heavy (non-hydrogen) atoms. The lowest BCUT2D eigenvalue weighted by Crippen LogP contribution is -2.42. The molecule has 2 aliphatic rings. The van der Waals surface area contributed by atoms with Crippen LogP contribution in [0.4, 0.5) is 0 Å². The SMILES string of the molecule is COc1cc(C(=O)N2C3CCNCC2CC3)ccc1OCC(=O)NC(C)C.Cl. The number of halogens is 1. The third-order valence-corrected chi connectivity index (χ3v) is 5.11. The summed E-state index contributed by atoms with van der Waals surface area (Å²) in [7, 11) is 1.53. The molecular weight excluding hydrogens is 382 g/mol. The molecule has 7 nitrogen and oxygen atoms in total. The van der Waals surface area contributed by atoms with Gasteiger partial charge in [0.15, 0.2) is 18.1 Å². The van der Waals surface area contributed by atoms with E-state index in [4.69, 9.17) is 9.47 Å². The number of rotatable bonds is 6. The molecule has 2 fully saturated rings. The van der Waals surface area contributed by atoms with Gasteiger partial charge in [-0.2, -0.15) is 0 Å². The minimum Gasteiger partial charge on any atom is -0.493 e. The predicted molar refractivity (Wildman–Crippen MR) is 109 cm³/mol. The monoisotopic (exact) mass is 411 g/mol. The molecular formula is C20H30ClN3O4. The van der Waals surface area contributed by atoms with Gasteiger partial charge in [-0.1, -0.05) is 0 Å². The van der Waals surface area contributed by atoms with Crippen molar-refractivity contribution in [1.29, 1.82) is 0 Å². The Morgan fingerprint density at radius 1 is 1.21 bits per heavy atom. The molecule has 0 saturated carbocycles. The minimum atomic E-state index is -0.194. The summed E-state index contributed by atoms with van der Waals surface area (Å²) in [5.74, 6) is 0.751. The van der Waals surface area contributed by atoms with E-state index in [1.54, 1.807) is 18.2 Å². The standard InChI is InChI=1S/C20H29N3O4.ClH/c1-13(2)22-19(24)12-27-17-7-4-14(10-18(17)26-3)20(25)23-15-5-6-16(23)11-21-9-8-15;/h4,7,10,13,15-16,21H,5-6,8-9,11-12H2,1-3H3,(H,22,24);1H. The fourth-order valence-corrected chi connectivity index (χ4v) is 3.89. The number of nitrogens with one attached hydrogen (secondary N) is 2. The van der Waals surface area contributed by atoms with E-state index in [1.165, 1.54) is 7.11 Å². The number of ether oxygens (including phenoxy) is 2. The molecule has 0 spiro atoms. The topological polar surface area (TPSA) is 79.9 Å². The summed E-state index contributed by atoms with van der Waals surface area (Å²) >= 11 is 0. The molecule has 2 bridgehead atoms. The number of amides is 2. The van der Waals surface area contributed by atoms with E-state index in [0.29, 0.717) is 23.1 Å². The fraction of sp³-hybridized carbons (Fsp3) is 0.600. The zero-order valence-corrected chi connectivity index (χ0v) is 17.5. The van der Waals surface area contributed by atoms with Crippen molar-refractivity contribution in [3.8, 4) is 11.5 Å². The summed E-state index contributed by atoms with van der Waals surface area (Å²) in [5.41, 5.74) is 0.588. The number of hydrogen-bond acceptors (Lipinski definition) is 5. The van der Waals surface area contributed by atoms with Crippen molar-refractivity contribution in [2.45, 2.75) is 51.2 Å². The molecule has 2 heterocycles. The van der Waals surface area contributed by atoms with Crippen LogP contribution in [-0.2, 0) is 4.79 Å². The van der Waals surface area contributed by atoms with Crippen molar-refractivity contribution < 1.29 is 19.1 Å². The molecule has 2 N–H and O–H groups in total. The fourth-order valence-electron chi connectivity index (χ4n) is 3.89. The Morgan fingerprint density at radius 3 is 2.68 bits per heavy atom. The van der Waals surface area contributed by atoms with Crippen LogP contribution in [0, 0.1) is 0 Å². The first-order chi connectivity index (χ1) is 13.0. The lowest BCUT2D eigenvalue weighted by Gasteiger charge is -2.28. The van der Waals surface area contributed by atoms with E-state index in [9.17, 15) is 9.59 Å². The maximum absolute atomic E-state index is 13.1. The summed E-state index contributed by atoms with van der Waals surface area (Å²) in [4.78, 5) is 26.9. The third-order valence-electron chi connectivity index (χ3n) is 5.11. The largest absolute Gasteiger partial charge is 0.493 e. The molecule has 1 aromatic carbocycles. The highest BCUT2D eigenvalue weighted by atomic mass is 35.5. The number of carbonyl (C=O) groups is 2. The van der Waals surface area contributed by atoms with Gasteiger partial charge >= 0.3 is 0 Å². The molecule has 2 unspecified atom stereocenters. The molecule has 1 aromatic rings. The van der Waals surface area contributed by atoms with Gasteiger partial charge in [0.25, 0.3) is 11.8 Å². The normalized spacial score (nSPS) is 20.9. The number of methoxy groups -OCH3 is 1. The first-order valence-corrected chi connectivity index (χ1v) is 9.63. The average Bonchev–Trinajstić information content (AvgIpc) is 2.91. The number of carbonyl (C=O) groups excluding carboxylic acids is 2. The van der Waals surface area contributed by atoms with Crippen molar-refractivity contribution in [1.82, 2.24) is 15.5 Å². The zero-order valence-electron chi connectivity index (χ0n) is 16.7. The summed E-state index contributed by atoms with van der Waals surface area (Å²) in [5, 5.41) is 6.19. The zero-order chi connectivity index (χ0) is 19.4. The van der Waals surface area contributed by atoms with Crippen LogP contribution in [0.5, 0.6) is 11.5 Å². The highest BCUT2D eigenvalue weighted by Crippen LogP contribution is 2.32. The van der Waals surface area contributed by atoms with E-state index in [2.05, 4.69) is 10.6 Å². The van der Waals surface area contributed by atoms with E-state index in [-0.39, 0.29) is 42.9 Å². The number of nitrogens with zero attached hydrogens (tertiary/aromatic N) is 1. The lowest BCUT2D eigenvalue weighted by atomic mass is 10.1. The van der Waals surface area contributed by atoms with Crippen LogP contribution in [0.25, 0.3) is 0 Å². The van der Waals surface area contributed by atoms with Gasteiger partial charge in [-0.25, -0.2) is 0 Å². The van der Waals surface area contributed by atoms with Crippen molar-refractivity contribution in [2.75, 3.05) is 26.8 Å². The van der Waals surface area contributed by atoms with Crippen molar-refractivity contribution in [2.24, 2.45) is 0 Å². The van der Waals surface area contributed by atoms with Crippen LogP contribution in [0.3, 0.4) is 0 Å². The van der Waals surface area contributed by atoms with Gasteiger partial charge in [0.2, 0.25) is 0 Å². The molecule has 156 valence electrons. The summed E-state index contributed by atoms with van der Waals surface area (Å²) in [6.45, 7) is 5.50. The Kier molecular flexibility index (Phi) is 7.95. The van der Waals surface area contributed by atoms with Crippen molar-refractivity contribution in [3.05, 3.63) is 23.8 Å². The van der Waals surface area contributed by atoms with E-state index in [1.807, 2.05) is 18.7 Å². The molecule has 2 aliphatic heterocycles. The van der Waals surface area contributed by atoms with Gasteiger partial charge in [-0.15, -0.1) is 12.4 Å². The van der Waals surface area contributed by atoms with E-state index < -0.39 is 0 Å². The van der Waals surface area contributed by atoms with Crippen LogP contribution in [0.1, 0.15) is 43.5 Å². The van der Waals surface area contributed by atoms with Crippen molar-refractivity contribution >= 4 is 24.2 Å². The number of fused-ring (bicyclic) bond motifs is 2. The molecule has 2 atom stereocenters. The van der Waals surface area contributed by atoms with E-state index in [0.717, 1.165) is 32.4 Å². The highest BCUT2D eigenvalue weighted by molar-refractivity contribution is 5.95. The molecule has 2 saturated heterocycles. The number of hydrogen-bond donors (Lipinski definition) is 2. The average molecular weight is 412 g/mol. The van der Waals surface area contributed by atoms with Crippen LogP contribution < -0.4 is 20.1 Å². The summed E-state index contributed by atoms with van der Waals surface area (Å²) in [6, 6.07) is 5.77. The Morgan fingerprint density at radius 2 is 1.96 bits per heavy atom. The molecule has 3 rings (SSSR count). The van der Waals surface area contributed by atoms with E-state index >= 15 is 0 Å². The number of benzene rings is 1. The second-order valence-corrected chi connectivity index (χ2v) is 7.47. The van der Waals surface area contributed by atoms with Crippen LogP contribution in [-0.4, -0.2) is 61.6 Å². The molecule has 0 radical (unpaired) electrons. The first-order valence-electron chi connectivity index (χ1n) is 9.63. The lowest BCUT2D eigenvalue weighted by molar-refractivity contribution is -0.123. The Hall–Kier alpha value is -1.99. The van der Waals surface area contributed by atoms with Crippen molar-refractivity contribution in [3.63, 3.8) is 0 Å². The molecule has 0 aromatic heterocycles. The Labute approximate surface area is 172 Å². The summed E-state index contributed by atoms with van der Waals surface area (Å²) in [6.07, 6.45) is 3.11. The van der Waals surface area contributed by atoms with Gasteiger partial charge in [0, 0.05) is 30.2 Å². The Bertz CT molecular complexity index is 684. The maximum atomic E-state index is 13.1. The smallest absolute Gasteiger partial charge is 0.258 e. The second kappa shape index (κ2) is 9.98. The maximum Gasteiger partial charge on any atom is 0.258 e. The predicted octanol–water partition coefficient (Wildman–Crippen LogP) is 1.99. The first kappa shape index (κ1) is 22.3. The Balaban J connectivity index is 0.00000280. The molecule has 0 aliphatic carbocycles. The minimum absolute atomic E-state index is 0. The molecule has 8 heteroatoms. The van der Waals surface area contributed by atoms with Gasteiger partial charge in [-0.05, 0) is 57.9 Å². The highest BCUT2D eigenvalue weighted by Gasteiger charge is 2.38. The van der Waals surface area contributed by atoms with Gasteiger partial charge < -0.3 is 25.0 Å². The van der Waals surface area contributed by atoms with Gasteiger partial charge in [0.05, 0.1) is 7.11 Å². The van der Waals surface area contributed by atoms with Crippen LogP contribution in [0.15, 0.2) is 18.2 Å². The van der Waals surface area contributed by atoms with Crippen LogP contribution in [0.2, 0.25) is 0 Å². The van der Waals surface area contributed by atoms with Gasteiger partial charge in [-0.3, -0.25) is 9.59 Å². The third kappa shape index (κ3) is 5.08. The van der Waals surface area contributed by atoms with Crippen LogP contribution >= 0.6 is 12.4 Å². The quantitative estimate of drug-likeness (QED) is 0.748. The molecule has 2 amide bonds. The summed E-state index contributed by atoms with van der Waals surface area (Å²) < 4.78 is 11.0. The second-order valence-electron chi connectivity index (χ2n) is 7.47. The van der Waals surface area contributed by atoms with Gasteiger partial charge in [0.1, 0.15) is 0 Å².